The Hall–Kier alpha value is -3.74. The molecule has 1 amide bonds. The van der Waals surface area contributed by atoms with Gasteiger partial charge in [0.25, 0.3) is 5.91 Å². The lowest BCUT2D eigenvalue weighted by molar-refractivity contribution is 0.0600. The number of hydrogen-bond donors (Lipinski definition) is 2. The van der Waals surface area contributed by atoms with Crippen molar-refractivity contribution < 1.29 is 18.7 Å². The highest BCUT2D eigenvalue weighted by atomic mass is 19.1. The SMILES string of the molecule is COC(=O)c1cccc(NC(=O)c2ccc(Nc3ccccc3F)cn2)c1. The fourth-order valence-corrected chi connectivity index (χ4v) is 2.36. The van der Waals surface area contributed by atoms with E-state index in [1.807, 2.05) is 0 Å². The Morgan fingerprint density at radius 2 is 1.81 bits per heavy atom. The highest BCUT2D eigenvalue weighted by molar-refractivity contribution is 6.03. The monoisotopic (exact) mass is 365 g/mol. The van der Waals surface area contributed by atoms with Crippen LogP contribution in [0.2, 0.25) is 0 Å². The van der Waals surface area contributed by atoms with Gasteiger partial charge in [0.05, 0.1) is 30.2 Å². The molecule has 2 aromatic carbocycles. The van der Waals surface area contributed by atoms with Gasteiger partial charge in [0.2, 0.25) is 0 Å². The summed E-state index contributed by atoms with van der Waals surface area (Å²) in [6.07, 6.45) is 1.44. The zero-order chi connectivity index (χ0) is 19.2. The third-order valence-corrected chi connectivity index (χ3v) is 3.69. The molecule has 136 valence electrons. The Balaban J connectivity index is 1.69. The highest BCUT2D eigenvalue weighted by Gasteiger charge is 2.11. The van der Waals surface area contributed by atoms with Crippen LogP contribution >= 0.6 is 0 Å². The van der Waals surface area contributed by atoms with Gasteiger partial charge in [-0.25, -0.2) is 14.2 Å². The Bertz CT molecular complexity index is 974. The fraction of sp³-hybridized carbons (Fsp3) is 0.0500. The average molecular weight is 365 g/mol. The van der Waals surface area contributed by atoms with Crippen LogP contribution in [0.1, 0.15) is 20.8 Å². The summed E-state index contributed by atoms with van der Waals surface area (Å²) >= 11 is 0. The van der Waals surface area contributed by atoms with Crippen LogP contribution < -0.4 is 10.6 Å². The van der Waals surface area contributed by atoms with E-state index in [4.69, 9.17) is 0 Å². The summed E-state index contributed by atoms with van der Waals surface area (Å²) in [5, 5.41) is 5.56. The van der Waals surface area contributed by atoms with Crippen molar-refractivity contribution in [1.82, 2.24) is 4.98 Å². The van der Waals surface area contributed by atoms with Crippen molar-refractivity contribution in [2.75, 3.05) is 17.7 Å². The molecule has 1 heterocycles. The molecule has 0 aliphatic heterocycles. The molecule has 0 unspecified atom stereocenters. The minimum Gasteiger partial charge on any atom is -0.465 e. The van der Waals surface area contributed by atoms with Crippen LogP contribution in [0.3, 0.4) is 0 Å². The third kappa shape index (κ3) is 4.46. The number of methoxy groups -OCH3 is 1. The maximum absolute atomic E-state index is 13.7. The van der Waals surface area contributed by atoms with Crippen LogP contribution in [0.4, 0.5) is 21.5 Å². The first-order chi connectivity index (χ1) is 13.1. The summed E-state index contributed by atoms with van der Waals surface area (Å²) in [4.78, 5) is 28.0. The molecule has 0 aliphatic carbocycles. The second kappa shape index (κ2) is 8.09. The van der Waals surface area contributed by atoms with Gasteiger partial charge in [0, 0.05) is 5.69 Å². The van der Waals surface area contributed by atoms with Gasteiger partial charge in [-0.15, -0.1) is 0 Å². The largest absolute Gasteiger partial charge is 0.465 e. The lowest BCUT2D eigenvalue weighted by Crippen LogP contribution is -2.14. The number of aromatic nitrogens is 1. The van der Waals surface area contributed by atoms with E-state index >= 15 is 0 Å². The van der Waals surface area contributed by atoms with Gasteiger partial charge >= 0.3 is 5.97 Å². The Morgan fingerprint density at radius 1 is 1.00 bits per heavy atom. The van der Waals surface area contributed by atoms with Gasteiger partial charge in [0.1, 0.15) is 11.5 Å². The van der Waals surface area contributed by atoms with Crippen LogP contribution in [0.5, 0.6) is 0 Å². The summed E-state index contributed by atoms with van der Waals surface area (Å²) in [7, 11) is 1.29. The predicted octanol–water partition coefficient (Wildman–Crippen LogP) is 4.00. The van der Waals surface area contributed by atoms with E-state index in [0.717, 1.165) is 0 Å². The molecular formula is C20H16FN3O3. The quantitative estimate of drug-likeness (QED) is 0.668. The number of nitrogens with one attached hydrogen (secondary N) is 2. The van der Waals surface area contributed by atoms with E-state index in [1.165, 1.54) is 31.5 Å². The van der Waals surface area contributed by atoms with Crippen LogP contribution in [-0.2, 0) is 4.74 Å². The van der Waals surface area contributed by atoms with Crippen LogP contribution in [0.25, 0.3) is 0 Å². The summed E-state index contributed by atoms with van der Waals surface area (Å²) in [6, 6.07) is 15.8. The van der Waals surface area contributed by atoms with E-state index in [-0.39, 0.29) is 11.5 Å². The van der Waals surface area contributed by atoms with Gasteiger partial charge in [0.15, 0.2) is 0 Å². The van der Waals surface area contributed by atoms with Gasteiger partial charge in [-0.1, -0.05) is 18.2 Å². The number of carbonyl (C=O) groups is 2. The number of halogens is 1. The number of pyridine rings is 1. The van der Waals surface area contributed by atoms with Gasteiger partial charge < -0.3 is 15.4 Å². The second-order valence-electron chi connectivity index (χ2n) is 5.56. The molecule has 0 atom stereocenters. The molecule has 3 aromatic rings. The number of ether oxygens (including phenoxy) is 1. The molecule has 2 N–H and O–H groups in total. The number of anilines is 3. The number of para-hydroxylation sites is 1. The number of hydrogen-bond acceptors (Lipinski definition) is 5. The molecule has 7 heteroatoms. The first-order valence-corrected chi connectivity index (χ1v) is 8.04. The molecule has 0 saturated heterocycles. The van der Waals surface area contributed by atoms with Gasteiger partial charge in [-0.3, -0.25) is 4.79 Å². The van der Waals surface area contributed by atoms with E-state index in [1.54, 1.807) is 42.5 Å². The van der Waals surface area contributed by atoms with Crippen molar-refractivity contribution >= 4 is 28.9 Å². The van der Waals surface area contributed by atoms with E-state index in [9.17, 15) is 14.0 Å². The topological polar surface area (TPSA) is 80.3 Å². The molecule has 6 nitrogen and oxygen atoms in total. The van der Waals surface area contributed by atoms with Crippen molar-refractivity contribution in [3.63, 3.8) is 0 Å². The van der Waals surface area contributed by atoms with Crippen LogP contribution in [0, 0.1) is 5.82 Å². The molecule has 0 fully saturated rings. The number of esters is 1. The molecular weight excluding hydrogens is 349 g/mol. The van der Waals surface area contributed by atoms with Crippen molar-refractivity contribution in [2.24, 2.45) is 0 Å². The normalized spacial score (nSPS) is 10.1. The van der Waals surface area contributed by atoms with Crippen molar-refractivity contribution in [2.45, 2.75) is 0 Å². The summed E-state index contributed by atoms with van der Waals surface area (Å²) in [5.41, 5.74) is 1.81. The molecule has 27 heavy (non-hydrogen) atoms. The van der Waals surface area contributed by atoms with Gasteiger partial charge in [-0.05, 0) is 42.5 Å². The summed E-state index contributed by atoms with van der Waals surface area (Å²) in [6.45, 7) is 0. The number of rotatable bonds is 5. The first kappa shape index (κ1) is 18.1. The molecule has 1 aromatic heterocycles. The predicted molar refractivity (Wildman–Crippen MR) is 99.7 cm³/mol. The van der Waals surface area contributed by atoms with Crippen LogP contribution in [-0.4, -0.2) is 24.0 Å². The minimum absolute atomic E-state index is 0.178. The first-order valence-electron chi connectivity index (χ1n) is 8.04. The Morgan fingerprint density at radius 3 is 2.52 bits per heavy atom. The standard InChI is InChI=1S/C20H16FN3O3/c1-27-20(26)13-5-4-6-14(11-13)24-19(25)18-10-9-15(12-22-18)23-17-8-3-2-7-16(17)21/h2-12,23H,1H3,(H,24,25). The summed E-state index contributed by atoms with van der Waals surface area (Å²) < 4.78 is 18.3. The Kier molecular flexibility index (Phi) is 5.41. The molecule has 0 spiro atoms. The molecule has 0 bridgehead atoms. The van der Waals surface area contributed by atoms with Crippen molar-refractivity contribution in [3.05, 3.63) is 83.9 Å². The molecule has 3 rings (SSSR count). The number of benzene rings is 2. The maximum Gasteiger partial charge on any atom is 0.337 e. The van der Waals surface area contributed by atoms with Crippen molar-refractivity contribution in [1.29, 1.82) is 0 Å². The number of nitrogens with zero attached hydrogens (tertiary/aromatic N) is 1. The number of carbonyl (C=O) groups excluding carboxylic acids is 2. The second-order valence-corrected chi connectivity index (χ2v) is 5.56. The lowest BCUT2D eigenvalue weighted by atomic mass is 10.2. The van der Waals surface area contributed by atoms with E-state index in [2.05, 4.69) is 20.4 Å². The minimum atomic E-state index is -0.493. The zero-order valence-electron chi connectivity index (χ0n) is 14.4. The van der Waals surface area contributed by atoms with Crippen LogP contribution in [0.15, 0.2) is 66.9 Å². The third-order valence-electron chi connectivity index (χ3n) is 3.69. The fourth-order valence-electron chi connectivity index (χ4n) is 2.36. The number of amides is 1. The average Bonchev–Trinajstić information content (AvgIpc) is 2.70. The molecule has 0 aliphatic rings. The Labute approximate surface area is 155 Å². The highest BCUT2D eigenvalue weighted by Crippen LogP contribution is 2.19. The van der Waals surface area contributed by atoms with Gasteiger partial charge in [-0.2, -0.15) is 0 Å². The lowest BCUT2D eigenvalue weighted by Gasteiger charge is -2.09. The molecule has 0 saturated carbocycles. The van der Waals surface area contributed by atoms with E-state index in [0.29, 0.717) is 22.6 Å². The summed E-state index contributed by atoms with van der Waals surface area (Å²) in [5.74, 6) is -1.31. The van der Waals surface area contributed by atoms with E-state index < -0.39 is 11.9 Å². The zero-order valence-corrected chi connectivity index (χ0v) is 14.4. The van der Waals surface area contributed by atoms with Crippen molar-refractivity contribution in [3.8, 4) is 0 Å². The maximum atomic E-state index is 13.7. The molecule has 0 radical (unpaired) electrons. The smallest absolute Gasteiger partial charge is 0.337 e.